The molecular formula is C26H39N5O3. The molecule has 2 bridgehead atoms. The summed E-state index contributed by atoms with van der Waals surface area (Å²) in [5.74, 6) is 1.07. The summed E-state index contributed by atoms with van der Waals surface area (Å²) in [5.41, 5.74) is 11.7. The van der Waals surface area contributed by atoms with Crippen LogP contribution < -0.4 is 16.8 Å². The molecular weight excluding hydrogens is 430 g/mol. The third-order valence-corrected chi connectivity index (χ3v) is 8.77. The van der Waals surface area contributed by atoms with Crippen LogP contribution in [0.15, 0.2) is 23.2 Å². The van der Waals surface area contributed by atoms with E-state index in [4.69, 9.17) is 11.5 Å². The minimum Gasteiger partial charge on any atom is -0.508 e. The van der Waals surface area contributed by atoms with Crippen LogP contribution >= 0.6 is 0 Å². The maximum atomic E-state index is 12.7. The number of fused-ring (bicyclic) bond motifs is 1. The molecule has 3 aliphatic carbocycles. The number of nitrogens with zero attached hydrogens (tertiary/aromatic N) is 2. The predicted octanol–water partition coefficient (Wildman–Crippen LogP) is 1.51. The van der Waals surface area contributed by atoms with Crippen LogP contribution in [0.3, 0.4) is 0 Å². The third kappa shape index (κ3) is 4.26. The number of nitrogens with one attached hydrogen (secondary N) is 1. The molecule has 4 atom stereocenters. The average molecular weight is 470 g/mol. The number of hydrogen-bond donors (Lipinski definition) is 5. The molecule has 8 heteroatoms. The second kappa shape index (κ2) is 9.04. The predicted molar refractivity (Wildman–Crippen MR) is 131 cm³/mol. The molecule has 8 nitrogen and oxygen atoms in total. The van der Waals surface area contributed by atoms with Crippen molar-refractivity contribution in [1.82, 2.24) is 10.2 Å². The van der Waals surface area contributed by atoms with Gasteiger partial charge in [0.05, 0.1) is 5.60 Å². The Morgan fingerprint density at radius 1 is 1.24 bits per heavy atom. The second-order valence-corrected chi connectivity index (χ2v) is 11.0. The Morgan fingerprint density at radius 2 is 2.06 bits per heavy atom. The summed E-state index contributed by atoms with van der Waals surface area (Å²) in [4.78, 5) is 19.2. The van der Waals surface area contributed by atoms with E-state index in [9.17, 15) is 15.0 Å². The molecule has 1 aromatic carbocycles. The Balaban J connectivity index is 1.40. The highest BCUT2D eigenvalue weighted by molar-refractivity contribution is 5.77. The van der Waals surface area contributed by atoms with Gasteiger partial charge in [0.1, 0.15) is 5.75 Å². The number of nitrogens with two attached hydrogens (primary N) is 2. The minimum atomic E-state index is -0.853. The molecule has 0 aromatic heterocycles. The van der Waals surface area contributed by atoms with Crippen molar-refractivity contribution >= 4 is 11.9 Å². The lowest BCUT2D eigenvalue weighted by Gasteiger charge is -2.60. The van der Waals surface area contributed by atoms with Gasteiger partial charge in [-0.05, 0) is 93.5 Å². The number of aromatic hydroxyl groups is 1. The summed E-state index contributed by atoms with van der Waals surface area (Å²) in [6.45, 7) is 2.52. The fourth-order valence-electron chi connectivity index (χ4n) is 7.07. The van der Waals surface area contributed by atoms with Crippen LogP contribution in [-0.4, -0.2) is 64.3 Å². The number of benzene rings is 1. The lowest BCUT2D eigenvalue weighted by atomic mass is 9.50. The third-order valence-electron chi connectivity index (χ3n) is 8.77. The minimum absolute atomic E-state index is 0.000199. The number of likely N-dealkylation sites (tertiary alicyclic amines) is 1. The molecule has 7 N–H and O–H groups in total. The van der Waals surface area contributed by atoms with Crippen LogP contribution in [0.1, 0.15) is 68.9 Å². The van der Waals surface area contributed by atoms with E-state index in [0.29, 0.717) is 32.2 Å². The highest BCUT2D eigenvalue weighted by Gasteiger charge is 2.63. The zero-order chi connectivity index (χ0) is 23.9. The Labute approximate surface area is 201 Å². The molecule has 186 valence electrons. The molecule has 0 spiro atoms. The van der Waals surface area contributed by atoms with Crippen molar-refractivity contribution in [3.8, 4) is 5.75 Å². The summed E-state index contributed by atoms with van der Waals surface area (Å²) in [5, 5.41) is 26.1. The molecule has 0 unspecified atom stereocenters. The topological polar surface area (TPSA) is 137 Å². The first-order valence-electron chi connectivity index (χ1n) is 12.9. The summed E-state index contributed by atoms with van der Waals surface area (Å²) < 4.78 is 0. The van der Waals surface area contributed by atoms with Gasteiger partial charge in [-0.25, -0.2) is 0 Å². The maximum absolute atomic E-state index is 12.7. The number of aliphatic imine (C=N–C) groups is 1. The van der Waals surface area contributed by atoms with Crippen LogP contribution in [0.4, 0.5) is 0 Å². The van der Waals surface area contributed by atoms with Crippen LogP contribution in [0.5, 0.6) is 5.75 Å². The van der Waals surface area contributed by atoms with Crippen molar-refractivity contribution in [1.29, 1.82) is 0 Å². The van der Waals surface area contributed by atoms with Crippen molar-refractivity contribution < 1.29 is 15.0 Å². The van der Waals surface area contributed by atoms with E-state index in [1.54, 1.807) is 6.07 Å². The number of carbonyl (C=O) groups is 1. The smallest absolute Gasteiger partial charge is 0.220 e. The molecule has 3 fully saturated rings. The molecule has 1 aromatic rings. The van der Waals surface area contributed by atoms with Gasteiger partial charge in [-0.1, -0.05) is 6.07 Å². The van der Waals surface area contributed by atoms with E-state index in [-0.39, 0.29) is 29.7 Å². The van der Waals surface area contributed by atoms with E-state index >= 15 is 0 Å². The average Bonchev–Trinajstić information content (AvgIpc) is 3.61. The summed E-state index contributed by atoms with van der Waals surface area (Å²) in [6.07, 6.45) is 8.40. The van der Waals surface area contributed by atoms with Gasteiger partial charge in [-0.3, -0.25) is 14.7 Å². The van der Waals surface area contributed by atoms with Crippen molar-refractivity contribution in [2.45, 2.75) is 87.3 Å². The lowest BCUT2D eigenvalue weighted by Crippen LogP contribution is -2.69. The normalized spacial score (nSPS) is 32.7. The number of rotatable bonds is 7. The first-order valence-corrected chi connectivity index (χ1v) is 12.9. The number of guanidine groups is 1. The largest absolute Gasteiger partial charge is 0.508 e. The van der Waals surface area contributed by atoms with Gasteiger partial charge in [-0.15, -0.1) is 0 Å². The van der Waals surface area contributed by atoms with Gasteiger partial charge in [-0.2, -0.15) is 0 Å². The number of carbonyl (C=O) groups excluding carboxylic acids is 1. The number of hydrogen-bond acceptors (Lipinski definition) is 5. The molecule has 5 rings (SSSR count). The highest BCUT2D eigenvalue weighted by Crippen LogP contribution is 2.58. The van der Waals surface area contributed by atoms with E-state index < -0.39 is 11.0 Å². The van der Waals surface area contributed by atoms with Crippen LogP contribution in [0.2, 0.25) is 0 Å². The molecule has 0 radical (unpaired) electrons. The van der Waals surface area contributed by atoms with Crippen molar-refractivity contribution in [2.75, 3.05) is 19.6 Å². The SMILES string of the molecule is NC(N)=NCCCC(=O)N[C@@H]1CC[C@@]2(O)[C@H]3Cc4ccc(O)cc4[C@@]2(CCCN3CC2CC2)C1. The number of phenolic OH excluding ortho intramolecular Hbond substituents is 1. The van der Waals surface area contributed by atoms with E-state index in [1.807, 2.05) is 12.1 Å². The summed E-state index contributed by atoms with van der Waals surface area (Å²) >= 11 is 0. The molecule has 1 amide bonds. The van der Waals surface area contributed by atoms with Gasteiger partial charge in [0.25, 0.3) is 0 Å². The fourth-order valence-corrected chi connectivity index (χ4v) is 7.07. The Bertz CT molecular complexity index is 960. The van der Waals surface area contributed by atoms with Crippen molar-refractivity contribution in [3.05, 3.63) is 29.3 Å². The Hall–Kier alpha value is -2.32. The van der Waals surface area contributed by atoms with Crippen LogP contribution in [-0.2, 0) is 16.6 Å². The first kappa shape index (κ1) is 23.4. The van der Waals surface area contributed by atoms with Gasteiger partial charge >= 0.3 is 0 Å². The van der Waals surface area contributed by atoms with E-state index in [1.165, 1.54) is 18.4 Å². The number of phenols is 1. The molecule has 4 aliphatic rings. The highest BCUT2D eigenvalue weighted by atomic mass is 16.3. The Morgan fingerprint density at radius 3 is 2.82 bits per heavy atom. The fraction of sp³-hybridized carbons (Fsp3) is 0.692. The van der Waals surface area contributed by atoms with Crippen molar-refractivity contribution in [3.63, 3.8) is 0 Å². The van der Waals surface area contributed by atoms with Gasteiger partial charge in [0, 0.05) is 37.0 Å². The standard InChI is InChI=1S/C26H39N5O3/c27-24(28)29-11-1-3-23(33)30-19-8-10-26(34)22-13-18-6-7-20(32)14-21(18)25(26,15-19)9-2-12-31(22)16-17-4-5-17/h6-7,14,17,19,22,32,34H,1-5,8-13,15-16H2,(H,30,33)(H4,27,28,29)/t19-,22-,25-,26-/m1/s1. The van der Waals surface area contributed by atoms with Crippen LogP contribution in [0.25, 0.3) is 0 Å². The molecule has 34 heavy (non-hydrogen) atoms. The Kier molecular flexibility index (Phi) is 6.23. The number of amides is 1. The quantitative estimate of drug-likeness (QED) is 0.233. The molecule has 1 heterocycles. The van der Waals surface area contributed by atoms with Gasteiger partial charge < -0.3 is 27.0 Å². The summed E-state index contributed by atoms with van der Waals surface area (Å²) in [6, 6.07) is 5.79. The molecule has 2 saturated carbocycles. The maximum Gasteiger partial charge on any atom is 0.220 e. The van der Waals surface area contributed by atoms with E-state index in [2.05, 4.69) is 15.2 Å². The lowest BCUT2D eigenvalue weighted by molar-refractivity contribution is -0.137. The molecule has 1 saturated heterocycles. The van der Waals surface area contributed by atoms with Gasteiger partial charge in [0.2, 0.25) is 5.91 Å². The summed E-state index contributed by atoms with van der Waals surface area (Å²) in [7, 11) is 0. The zero-order valence-corrected chi connectivity index (χ0v) is 20.0. The second-order valence-electron chi connectivity index (χ2n) is 11.0. The van der Waals surface area contributed by atoms with E-state index in [0.717, 1.165) is 50.3 Å². The van der Waals surface area contributed by atoms with Crippen LogP contribution in [0, 0.1) is 5.92 Å². The number of aliphatic hydroxyl groups is 1. The molecule has 1 aliphatic heterocycles. The first-order chi connectivity index (χ1) is 16.3. The van der Waals surface area contributed by atoms with Crippen molar-refractivity contribution in [2.24, 2.45) is 22.4 Å². The van der Waals surface area contributed by atoms with Gasteiger partial charge in [0.15, 0.2) is 5.96 Å². The zero-order valence-electron chi connectivity index (χ0n) is 20.0. The monoisotopic (exact) mass is 469 g/mol.